The molecule has 0 saturated carbocycles. The first kappa shape index (κ1) is 19.5. The number of thioether (sulfide) groups is 1. The zero-order valence-electron chi connectivity index (χ0n) is 15.4. The number of hydrogen-bond acceptors (Lipinski definition) is 6. The van der Waals surface area contributed by atoms with Gasteiger partial charge in [-0.1, -0.05) is 0 Å². The summed E-state index contributed by atoms with van der Waals surface area (Å²) in [6, 6.07) is 1.44. The molecule has 2 atom stereocenters. The minimum atomic E-state index is -0.425. The van der Waals surface area contributed by atoms with Gasteiger partial charge in [-0.05, 0) is 18.9 Å². The van der Waals surface area contributed by atoms with Crippen LogP contribution < -0.4 is 16.0 Å². The van der Waals surface area contributed by atoms with E-state index in [9.17, 15) is 14.4 Å². The highest BCUT2D eigenvalue weighted by molar-refractivity contribution is 7.99. The topological polar surface area (TPSA) is 103 Å². The molecule has 2 aliphatic rings. The first-order valence-corrected chi connectivity index (χ1v) is 10.3. The first-order chi connectivity index (χ1) is 13.1. The lowest BCUT2D eigenvalue weighted by Crippen LogP contribution is -2.48. The third-order valence-corrected chi connectivity index (χ3v) is 5.94. The summed E-state index contributed by atoms with van der Waals surface area (Å²) in [7, 11) is 1.79. The number of hydrogen-bond donors (Lipinski definition) is 3. The molecule has 3 heterocycles. The second kappa shape index (κ2) is 9.07. The summed E-state index contributed by atoms with van der Waals surface area (Å²) in [5, 5.41) is 8.55. The fourth-order valence-corrected chi connectivity index (χ4v) is 4.43. The molecule has 0 aliphatic carbocycles. The molecule has 1 unspecified atom stereocenters. The zero-order valence-corrected chi connectivity index (χ0v) is 16.2. The van der Waals surface area contributed by atoms with Gasteiger partial charge in [-0.2, -0.15) is 11.8 Å². The van der Waals surface area contributed by atoms with Crippen LogP contribution in [0.5, 0.6) is 0 Å². The van der Waals surface area contributed by atoms with E-state index in [2.05, 4.69) is 20.9 Å². The molecule has 8 nitrogen and oxygen atoms in total. The molecule has 1 aromatic rings. The second-order valence-corrected chi connectivity index (χ2v) is 7.83. The number of nitrogens with zero attached hydrogens (tertiary/aromatic N) is 2. The third-order valence-electron chi connectivity index (χ3n) is 4.85. The van der Waals surface area contributed by atoms with Crippen LogP contribution >= 0.6 is 11.8 Å². The van der Waals surface area contributed by atoms with Crippen LogP contribution in [-0.2, 0) is 9.59 Å². The minimum absolute atomic E-state index is 0.0284. The van der Waals surface area contributed by atoms with E-state index in [1.165, 1.54) is 0 Å². The van der Waals surface area contributed by atoms with Crippen molar-refractivity contribution in [3.63, 3.8) is 0 Å². The van der Waals surface area contributed by atoms with Gasteiger partial charge in [0.15, 0.2) is 0 Å². The van der Waals surface area contributed by atoms with Gasteiger partial charge in [-0.25, -0.2) is 0 Å². The molecule has 0 spiro atoms. The summed E-state index contributed by atoms with van der Waals surface area (Å²) in [4.78, 5) is 42.3. The molecule has 27 heavy (non-hydrogen) atoms. The average Bonchev–Trinajstić information content (AvgIpc) is 3.14. The Morgan fingerprint density at radius 3 is 3.00 bits per heavy atom. The fraction of sp³-hybridized carbons (Fsp3) is 0.556. The highest BCUT2D eigenvalue weighted by Gasteiger charge is 2.29. The van der Waals surface area contributed by atoms with E-state index >= 15 is 0 Å². The van der Waals surface area contributed by atoms with Gasteiger partial charge in [-0.3, -0.25) is 19.4 Å². The molecule has 2 aliphatic heterocycles. The Morgan fingerprint density at radius 1 is 1.41 bits per heavy atom. The maximum atomic E-state index is 12.9. The molecule has 146 valence electrons. The largest absolute Gasteiger partial charge is 0.387 e. The summed E-state index contributed by atoms with van der Waals surface area (Å²) in [6.45, 7) is 1.17. The van der Waals surface area contributed by atoms with Crippen LogP contribution in [0.2, 0.25) is 0 Å². The normalized spacial score (nSPS) is 22.3. The quantitative estimate of drug-likeness (QED) is 0.651. The Kier molecular flexibility index (Phi) is 6.54. The molecule has 0 radical (unpaired) electrons. The Labute approximate surface area is 162 Å². The molecular weight excluding hydrogens is 366 g/mol. The Hall–Kier alpha value is -2.29. The van der Waals surface area contributed by atoms with Crippen molar-refractivity contribution in [1.82, 2.24) is 20.5 Å². The maximum Gasteiger partial charge on any atom is 0.255 e. The lowest BCUT2D eigenvalue weighted by Gasteiger charge is -2.35. The lowest BCUT2D eigenvalue weighted by molar-refractivity contribution is -0.125. The molecule has 2 saturated heterocycles. The van der Waals surface area contributed by atoms with Gasteiger partial charge < -0.3 is 20.9 Å². The molecule has 0 aromatic carbocycles. The number of nitrogens with one attached hydrogen (secondary N) is 3. The average molecular weight is 391 g/mol. The molecule has 2 fully saturated rings. The fourth-order valence-electron chi connectivity index (χ4n) is 3.32. The van der Waals surface area contributed by atoms with Gasteiger partial charge in [0, 0.05) is 56.5 Å². The van der Waals surface area contributed by atoms with Gasteiger partial charge >= 0.3 is 0 Å². The number of aromatic nitrogens is 1. The first-order valence-electron chi connectivity index (χ1n) is 9.17. The highest BCUT2D eigenvalue weighted by atomic mass is 32.2. The Balaban J connectivity index is 1.55. The number of anilines is 1. The maximum absolute atomic E-state index is 12.9. The predicted octanol–water partition coefficient (Wildman–Crippen LogP) is 0.466. The molecule has 0 bridgehead atoms. The van der Waals surface area contributed by atoms with Gasteiger partial charge in [0.05, 0.1) is 11.3 Å². The Bertz CT molecular complexity index is 714. The van der Waals surface area contributed by atoms with Crippen molar-refractivity contribution in [2.75, 3.05) is 37.0 Å². The molecule has 3 N–H and O–H groups in total. The third kappa shape index (κ3) is 4.91. The van der Waals surface area contributed by atoms with E-state index in [-0.39, 0.29) is 23.8 Å². The van der Waals surface area contributed by atoms with Crippen LogP contribution in [0.25, 0.3) is 0 Å². The molecular formula is C18H25N5O3S. The predicted molar refractivity (Wildman–Crippen MR) is 105 cm³/mol. The van der Waals surface area contributed by atoms with E-state index in [1.54, 1.807) is 25.5 Å². The van der Waals surface area contributed by atoms with Crippen LogP contribution in [0, 0.1) is 0 Å². The van der Waals surface area contributed by atoms with Crippen molar-refractivity contribution in [3.05, 3.63) is 24.0 Å². The minimum Gasteiger partial charge on any atom is -0.387 e. The summed E-state index contributed by atoms with van der Waals surface area (Å²) in [6.07, 6.45) is 4.90. The SMILES string of the molecule is CNc1cncc(C(=O)N2CCSCC2CCNC(=O)[C@H]2CCC(=O)N2)c1. The number of pyridine rings is 1. The highest BCUT2D eigenvalue weighted by Crippen LogP contribution is 2.22. The van der Waals surface area contributed by atoms with Crippen molar-refractivity contribution < 1.29 is 14.4 Å². The monoisotopic (exact) mass is 391 g/mol. The number of carbonyl (C=O) groups excluding carboxylic acids is 3. The van der Waals surface area contributed by atoms with Crippen LogP contribution in [-0.4, -0.2) is 71.3 Å². The van der Waals surface area contributed by atoms with Gasteiger partial charge in [0.1, 0.15) is 6.04 Å². The number of amides is 3. The molecule has 3 rings (SSSR count). The number of carbonyl (C=O) groups is 3. The van der Waals surface area contributed by atoms with Crippen LogP contribution in [0.1, 0.15) is 29.6 Å². The van der Waals surface area contributed by atoms with Crippen molar-refractivity contribution >= 4 is 35.2 Å². The van der Waals surface area contributed by atoms with Crippen molar-refractivity contribution in [3.8, 4) is 0 Å². The van der Waals surface area contributed by atoms with Gasteiger partial charge in [0.2, 0.25) is 11.8 Å². The second-order valence-electron chi connectivity index (χ2n) is 6.68. The summed E-state index contributed by atoms with van der Waals surface area (Å²) in [5.41, 5.74) is 1.37. The number of rotatable bonds is 6. The summed E-state index contributed by atoms with van der Waals surface area (Å²) in [5.74, 6) is 1.50. The molecule has 1 aromatic heterocycles. The standard InChI is InChI=1S/C18H25N5O3S/c1-19-13-8-12(9-20-10-13)18(26)23-6-7-27-11-14(23)4-5-21-17(25)15-2-3-16(24)22-15/h8-10,14-15,19H,2-7,11H2,1H3,(H,21,25)(H,22,24)/t14?,15-/m1/s1. The van der Waals surface area contributed by atoms with Crippen molar-refractivity contribution in [2.45, 2.75) is 31.3 Å². The summed E-state index contributed by atoms with van der Waals surface area (Å²) < 4.78 is 0. The van der Waals surface area contributed by atoms with Crippen LogP contribution in [0.15, 0.2) is 18.5 Å². The smallest absolute Gasteiger partial charge is 0.255 e. The van der Waals surface area contributed by atoms with E-state index in [0.29, 0.717) is 37.9 Å². The zero-order chi connectivity index (χ0) is 19.2. The molecule has 3 amide bonds. The van der Waals surface area contributed by atoms with Crippen LogP contribution in [0.4, 0.5) is 5.69 Å². The van der Waals surface area contributed by atoms with Gasteiger partial charge in [0.25, 0.3) is 5.91 Å². The van der Waals surface area contributed by atoms with Crippen molar-refractivity contribution in [1.29, 1.82) is 0 Å². The molecule has 9 heteroatoms. The van der Waals surface area contributed by atoms with E-state index < -0.39 is 6.04 Å². The lowest BCUT2D eigenvalue weighted by atomic mass is 10.1. The van der Waals surface area contributed by atoms with Crippen molar-refractivity contribution in [2.24, 2.45) is 0 Å². The van der Waals surface area contributed by atoms with Gasteiger partial charge in [-0.15, -0.1) is 0 Å². The van der Waals surface area contributed by atoms with E-state index in [4.69, 9.17) is 0 Å². The summed E-state index contributed by atoms with van der Waals surface area (Å²) >= 11 is 1.82. The Morgan fingerprint density at radius 2 is 2.26 bits per heavy atom. The van der Waals surface area contributed by atoms with E-state index in [1.807, 2.05) is 16.7 Å². The van der Waals surface area contributed by atoms with Crippen LogP contribution in [0.3, 0.4) is 0 Å². The van der Waals surface area contributed by atoms with E-state index in [0.717, 1.165) is 17.2 Å².